The van der Waals surface area contributed by atoms with E-state index < -0.39 is 0 Å². The van der Waals surface area contributed by atoms with Gasteiger partial charge >= 0.3 is 0 Å². The SMILES string of the molecule is Nc1n[nH]c2c[c]ccc12. The molecule has 0 aliphatic rings. The summed E-state index contributed by atoms with van der Waals surface area (Å²) < 4.78 is 0. The van der Waals surface area contributed by atoms with E-state index >= 15 is 0 Å². The van der Waals surface area contributed by atoms with Gasteiger partial charge in [0, 0.05) is 5.39 Å². The second kappa shape index (κ2) is 1.73. The highest BCUT2D eigenvalue weighted by atomic mass is 15.1. The molecule has 3 N–H and O–H groups in total. The molecule has 0 atom stereocenters. The van der Waals surface area contributed by atoms with Crippen molar-refractivity contribution in [2.75, 3.05) is 5.73 Å². The number of rotatable bonds is 0. The molecule has 0 saturated carbocycles. The Bertz CT molecular complexity index is 350. The first kappa shape index (κ1) is 5.29. The molecule has 0 bridgehead atoms. The molecule has 1 heterocycles. The summed E-state index contributed by atoms with van der Waals surface area (Å²) in [4.78, 5) is 0. The first-order valence-electron chi connectivity index (χ1n) is 2.97. The number of hydrogen-bond donors (Lipinski definition) is 2. The van der Waals surface area contributed by atoms with Crippen LogP contribution in [-0.2, 0) is 0 Å². The van der Waals surface area contributed by atoms with Crippen LogP contribution in [0.1, 0.15) is 0 Å². The Hall–Kier alpha value is -1.51. The van der Waals surface area contributed by atoms with Crippen molar-refractivity contribution < 1.29 is 0 Å². The van der Waals surface area contributed by atoms with Gasteiger partial charge in [0.05, 0.1) is 5.52 Å². The van der Waals surface area contributed by atoms with Crippen molar-refractivity contribution in [1.82, 2.24) is 10.2 Å². The number of nitrogens with two attached hydrogens (primary N) is 1. The van der Waals surface area contributed by atoms with Gasteiger partial charge in [0.25, 0.3) is 0 Å². The molecule has 1 radical (unpaired) electrons. The maximum absolute atomic E-state index is 5.52. The minimum Gasteiger partial charge on any atom is -0.382 e. The predicted molar refractivity (Wildman–Crippen MR) is 39.3 cm³/mol. The van der Waals surface area contributed by atoms with Crippen LogP contribution < -0.4 is 5.73 Å². The van der Waals surface area contributed by atoms with Gasteiger partial charge in [-0.25, -0.2) is 0 Å². The third-order valence-electron chi connectivity index (χ3n) is 1.44. The van der Waals surface area contributed by atoms with Crippen LogP contribution in [0, 0.1) is 6.07 Å². The van der Waals surface area contributed by atoms with Crippen LogP contribution in [0.4, 0.5) is 5.82 Å². The van der Waals surface area contributed by atoms with Gasteiger partial charge in [-0.05, 0) is 18.2 Å². The fourth-order valence-corrected chi connectivity index (χ4v) is 0.927. The fourth-order valence-electron chi connectivity index (χ4n) is 0.927. The number of H-pyrrole nitrogens is 1. The van der Waals surface area contributed by atoms with Gasteiger partial charge in [-0.15, -0.1) is 0 Å². The fraction of sp³-hybridized carbons (Fsp3) is 0. The summed E-state index contributed by atoms with van der Waals surface area (Å²) in [5, 5.41) is 7.57. The maximum Gasteiger partial charge on any atom is 0.153 e. The number of benzene rings is 1. The van der Waals surface area contributed by atoms with Gasteiger partial charge in [0.1, 0.15) is 0 Å². The summed E-state index contributed by atoms with van der Waals surface area (Å²) in [6.07, 6.45) is 0. The molecule has 1 aromatic heterocycles. The minimum absolute atomic E-state index is 0.545. The molecule has 2 aromatic rings. The molecule has 3 nitrogen and oxygen atoms in total. The Balaban J connectivity index is 2.93. The average molecular weight is 132 g/mol. The molecule has 3 heteroatoms. The average Bonchev–Trinajstić information content (AvgIpc) is 2.34. The van der Waals surface area contributed by atoms with Gasteiger partial charge in [0.2, 0.25) is 0 Å². The van der Waals surface area contributed by atoms with Crippen LogP contribution >= 0.6 is 0 Å². The third-order valence-corrected chi connectivity index (χ3v) is 1.44. The van der Waals surface area contributed by atoms with Crippen molar-refractivity contribution in [1.29, 1.82) is 0 Å². The number of anilines is 1. The molecule has 0 aliphatic carbocycles. The van der Waals surface area contributed by atoms with Crippen molar-refractivity contribution >= 4 is 16.7 Å². The van der Waals surface area contributed by atoms with Crippen LogP contribution in [0.25, 0.3) is 10.9 Å². The van der Waals surface area contributed by atoms with E-state index in [0.717, 1.165) is 10.9 Å². The van der Waals surface area contributed by atoms with Gasteiger partial charge in [-0.1, -0.05) is 6.07 Å². The van der Waals surface area contributed by atoms with Gasteiger partial charge in [-0.3, -0.25) is 5.10 Å². The van der Waals surface area contributed by atoms with Crippen molar-refractivity contribution in [3.05, 3.63) is 24.3 Å². The predicted octanol–water partition coefficient (Wildman–Crippen LogP) is 0.945. The second-order valence-corrected chi connectivity index (χ2v) is 2.08. The van der Waals surface area contributed by atoms with Gasteiger partial charge < -0.3 is 5.73 Å². The Kier molecular flexibility index (Phi) is 0.917. The molecule has 0 unspecified atom stereocenters. The topological polar surface area (TPSA) is 54.7 Å². The highest BCUT2D eigenvalue weighted by molar-refractivity contribution is 5.88. The van der Waals surface area contributed by atoms with Crippen LogP contribution in [0.5, 0.6) is 0 Å². The van der Waals surface area contributed by atoms with Gasteiger partial charge in [-0.2, -0.15) is 5.10 Å². The largest absolute Gasteiger partial charge is 0.382 e. The summed E-state index contributed by atoms with van der Waals surface area (Å²) >= 11 is 0. The van der Waals surface area contributed by atoms with E-state index in [1.807, 2.05) is 18.2 Å². The van der Waals surface area contributed by atoms with Crippen molar-refractivity contribution in [2.45, 2.75) is 0 Å². The van der Waals surface area contributed by atoms with E-state index in [0.29, 0.717) is 5.82 Å². The first-order valence-corrected chi connectivity index (χ1v) is 2.97. The number of fused-ring (bicyclic) bond motifs is 1. The van der Waals surface area contributed by atoms with Crippen molar-refractivity contribution in [2.24, 2.45) is 0 Å². The van der Waals surface area contributed by atoms with E-state index in [1.165, 1.54) is 0 Å². The Morgan fingerprint density at radius 3 is 3.30 bits per heavy atom. The summed E-state index contributed by atoms with van der Waals surface area (Å²) in [6, 6.07) is 8.44. The summed E-state index contributed by atoms with van der Waals surface area (Å²) in [7, 11) is 0. The minimum atomic E-state index is 0.545. The zero-order chi connectivity index (χ0) is 6.97. The van der Waals surface area contributed by atoms with Crippen LogP contribution in [0.3, 0.4) is 0 Å². The molecular formula is C7H6N3. The highest BCUT2D eigenvalue weighted by Crippen LogP contribution is 2.15. The lowest BCUT2D eigenvalue weighted by atomic mass is 10.2. The molecule has 49 valence electrons. The second-order valence-electron chi connectivity index (χ2n) is 2.08. The zero-order valence-corrected chi connectivity index (χ0v) is 5.26. The van der Waals surface area contributed by atoms with E-state index in [1.54, 1.807) is 0 Å². The number of aromatic amines is 1. The smallest absolute Gasteiger partial charge is 0.153 e. The lowest BCUT2D eigenvalue weighted by Crippen LogP contribution is -1.82. The van der Waals surface area contributed by atoms with E-state index in [2.05, 4.69) is 16.3 Å². The molecule has 2 rings (SSSR count). The number of hydrogen-bond acceptors (Lipinski definition) is 2. The van der Waals surface area contributed by atoms with Crippen LogP contribution in [0.15, 0.2) is 18.2 Å². The molecule has 10 heavy (non-hydrogen) atoms. The molecule has 0 spiro atoms. The molecule has 1 aromatic carbocycles. The van der Waals surface area contributed by atoms with Crippen LogP contribution in [-0.4, -0.2) is 10.2 Å². The van der Waals surface area contributed by atoms with Gasteiger partial charge in [0.15, 0.2) is 5.82 Å². The van der Waals surface area contributed by atoms with Crippen molar-refractivity contribution in [3.8, 4) is 0 Å². The molecule has 0 aliphatic heterocycles. The molecule has 0 amide bonds. The van der Waals surface area contributed by atoms with E-state index in [9.17, 15) is 0 Å². The number of nitrogen functional groups attached to an aromatic ring is 1. The number of nitrogens with one attached hydrogen (secondary N) is 1. The quantitative estimate of drug-likeness (QED) is 0.560. The monoisotopic (exact) mass is 132 g/mol. The Morgan fingerprint density at radius 2 is 2.50 bits per heavy atom. The molecular weight excluding hydrogens is 126 g/mol. The van der Waals surface area contributed by atoms with Crippen LogP contribution in [0.2, 0.25) is 0 Å². The van der Waals surface area contributed by atoms with E-state index in [-0.39, 0.29) is 0 Å². The Morgan fingerprint density at radius 1 is 1.60 bits per heavy atom. The maximum atomic E-state index is 5.52. The lowest BCUT2D eigenvalue weighted by Gasteiger charge is -1.84. The van der Waals surface area contributed by atoms with Crippen molar-refractivity contribution in [3.63, 3.8) is 0 Å². The van der Waals surface area contributed by atoms with E-state index in [4.69, 9.17) is 5.73 Å². The summed E-state index contributed by atoms with van der Waals surface area (Å²) in [5.74, 6) is 0.545. The highest BCUT2D eigenvalue weighted by Gasteiger charge is 1.97. The Labute approximate surface area is 57.9 Å². The summed E-state index contributed by atoms with van der Waals surface area (Å²) in [6.45, 7) is 0. The standard InChI is InChI=1S/C7H6N3/c8-7-5-3-1-2-4-6(5)9-10-7/h1,3-4H,(H3,8,9,10). The zero-order valence-electron chi connectivity index (χ0n) is 5.26. The normalized spacial score (nSPS) is 10.4. The molecule has 0 saturated heterocycles. The number of nitrogens with zero attached hydrogens (tertiary/aromatic N) is 1. The third kappa shape index (κ3) is 0.572. The number of aromatic nitrogens is 2. The molecule has 0 fully saturated rings. The first-order chi connectivity index (χ1) is 4.88. The lowest BCUT2D eigenvalue weighted by molar-refractivity contribution is 1.13. The summed E-state index contributed by atoms with van der Waals surface area (Å²) in [5.41, 5.74) is 6.45.